The molecule has 144 valence electrons. The van der Waals surface area contributed by atoms with E-state index in [1.807, 2.05) is 6.92 Å². The second-order valence-corrected chi connectivity index (χ2v) is 6.98. The Morgan fingerprint density at radius 2 is 2.15 bits per heavy atom. The largest absolute Gasteiger partial charge is 0.458 e. The minimum atomic E-state index is -0.703. The molecule has 2 N–H and O–H groups in total. The number of esters is 2. The molecule has 1 heterocycles. The summed E-state index contributed by atoms with van der Waals surface area (Å²) in [6, 6.07) is 0. The lowest BCUT2D eigenvalue weighted by Gasteiger charge is -2.38. The molecule has 0 radical (unpaired) electrons. The van der Waals surface area contributed by atoms with Gasteiger partial charge in [-0.3, -0.25) is 0 Å². The van der Waals surface area contributed by atoms with Crippen molar-refractivity contribution in [2.24, 2.45) is 11.8 Å². The minimum absolute atomic E-state index is 0.0162. The zero-order valence-electron chi connectivity index (χ0n) is 15.7. The molecule has 6 heteroatoms. The van der Waals surface area contributed by atoms with Gasteiger partial charge in [0.1, 0.15) is 12.2 Å². The fourth-order valence-electron chi connectivity index (χ4n) is 3.75. The van der Waals surface area contributed by atoms with Gasteiger partial charge in [0.2, 0.25) is 0 Å². The van der Waals surface area contributed by atoms with E-state index in [2.05, 4.69) is 6.58 Å². The first-order valence-electron chi connectivity index (χ1n) is 9.02. The molecule has 4 atom stereocenters. The maximum atomic E-state index is 12.4. The van der Waals surface area contributed by atoms with E-state index < -0.39 is 30.1 Å². The first kappa shape index (κ1) is 20.4. The summed E-state index contributed by atoms with van der Waals surface area (Å²) in [6.45, 7) is 9.11. The number of rotatable bonds is 7. The van der Waals surface area contributed by atoms with E-state index in [1.165, 1.54) is 0 Å². The summed E-state index contributed by atoms with van der Waals surface area (Å²) in [4.78, 5) is 24.4. The van der Waals surface area contributed by atoms with Gasteiger partial charge in [0.25, 0.3) is 0 Å². The molecule has 2 aliphatic rings. The normalized spacial score (nSPS) is 27.3. The van der Waals surface area contributed by atoms with Crippen LogP contribution < -0.4 is 0 Å². The molecular weight excluding hydrogens is 336 g/mol. The molecule has 1 aliphatic heterocycles. The van der Waals surface area contributed by atoms with E-state index >= 15 is 0 Å². The fourth-order valence-corrected chi connectivity index (χ4v) is 3.75. The molecule has 26 heavy (non-hydrogen) atoms. The summed E-state index contributed by atoms with van der Waals surface area (Å²) in [5.41, 5.74) is 2.32. The van der Waals surface area contributed by atoms with Gasteiger partial charge in [-0.05, 0) is 43.8 Å². The predicted molar refractivity (Wildman–Crippen MR) is 96.0 cm³/mol. The zero-order chi connectivity index (χ0) is 19.4. The summed E-state index contributed by atoms with van der Waals surface area (Å²) in [5, 5.41) is 19.0. The Morgan fingerprint density at radius 1 is 1.46 bits per heavy atom. The van der Waals surface area contributed by atoms with Crippen LogP contribution in [0.1, 0.15) is 40.0 Å². The lowest BCUT2D eigenvalue weighted by molar-refractivity contribution is -0.147. The SMILES string of the molecule is C=C1C(=O)OC2CC(CO)=C(C(C)CCCO)C(OC(=O)C(C)=CC)C12. The molecule has 0 aromatic rings. The van der Waals surface area contributed by atoms with Crippen LogP contribution >= 0.6 is 0 Å². The molecule has 0 saturated carbocycles. The van der Waals surface area contributed by atoms with Crippen LogP contribution in [-0.2, 0) is 19.1 Å². The number of allylic oxidation sites excluding steroid dienone is 1. The first-order chi connectivity index (χ1) is 12.3. The van der Waals surface area contributed by atoms with Crippen molar-refractivity contribution in [3.63, 3.8) is 0 Å². The number of ether oxygens (including phenoxy) is 2. The van der Waals surface area contributed by atoms with Crippen LogP contribution in [0.5, 0.6) is 0 Å². The zero-order valence-corrected chi connectivity index (χ0v) is 15.7. The molecule has 4 unspecified atom stereocenters. The molecule has 0 aromatic heterocycles. The van der Waals surface area contributed by atoms with Crippen LogP contribution in [0.3, 0.4) is 0 Å². The highest BCUT2D eigenvalue weighted by molar-refractivity contribution is 5.92. The van der Waals surface area contributed by atoms with Crippen molar-refractivity contribution in [2.45, 2.75) is 52.2 Å². The fraction of sp³-hybridized carbons (Fsp3) is 0.600. The van der Waals surface area contributed by atoms with E-state index in [4.69, 9.17) is 14.6 Å². The molecular formula is C20H28O6. The van der Waals surface area contributed by atoms with E-state index in [0.717, 1.165) is 11.1 Å². The summed E-state index contributed by atoms with van der Waals surface area (Å²) in [6.07, 6.45) is 2.17. The number of aliphatic hydroxyl groups excluding tert-OH is 2. The van der Waals surface area contributed by atoms with Crippen molar-refractivity contribution in [3.05, 3.63) is 34.9 Å². The van der Waals surface area contributed by atoms with Gasteiger partial charge in [0, 0.05) is 24.2 Å². The molecule has 0 aromatic carbocycles. The van der Waals surface area contributed by atoms with Gasteiger partial charge in [-0.2, -0.15) is 0 Å². The highest BCUT2D eigenvalue weighted by atomic mass is 16.6. The topological polar surface area (TPSA) is 93.1 Å². The molecule has 0 bridgehead atoms. The highest BCUT2D eigenvalue weighted by Gasteiger charge is 2.50. The average Bonchev–Trinajstić information content (AvgIpc) is 2.92. The molecule has 1 saturated heterocycles. The van der Waals surface area contributed by atoms with Crippen molar-refractivity contribution in [1.82, 2.24) is 0 Å². The number of carbonyl (C=O) groups excluding carboxylic acids is 2. The number of hydrogen-bond acceptors (Lipinski definition) is 6. The van der Waals surface area contributed by atoms with Crippen molar-refractivity contribution in [1.29, 1.82) is 0 Å². The van der Waals surface area contributed by atoms with Gasteiger partial charge < -0.3 is 19.7 Å². The van der Waals surface area contributed by atoms with Crippen LogP contribution in [0.2, 0.25) is 0 Å². The van der Waals surface area contributed by atoms with E-state index in [0.29, 0.717) is 30.4 Å². The highest BCUT2D eigenvalue weighted by Crippen LogP contribution is 2.45. The van der Waals surface area contributed by atoms with Crippen LogP contribution in [-0.4, -0.2) is 47.6 Å². The van der Waals surface area contributed by atoms with E-state index in [1.54, 1.807) is 19.9 Å². The Kier molecular flexibility index (Phi) is 6.78. The van der Waals surface area contributed by atoms with Gasteiger partial charge in [-0.15, -0.1) is 0 Å². The molecule has 6 nitrogen and oxygen atoms in total. The Bertz CT molecular complexity index is 645. The number of fused-ring (bicyclic) bond motifs is 1. The number of aliphatic hydroxyl groups is 2. The second-order valence-electron chi connectivity index (χ2n) is 6.98. The monoisotopic (exact) mass is 364 g/mol. The Balaban J connectivity index is 2.45. The molecule has 1 aliphatic carbocycles. The lowest BCUT2D eigenvalue weighted by Crippen LogP contribution is -2.41. The van der Waals surface area contributed by atoms with Crippen molar-refractivity contribution in [2.75, 3.05) is 13.2 Å². The van der Waals surface area contributed by atoms with Crippen LogP contribution in [0.25, 0.3) is 0 Å². The molecule has 0 spiro atoms. The third kappa shape index (κ3) is 3.91. The third-order valence-corrected chi connectivity index (χ3v) is 5.32. The van der Waals surface area contributed by atoms with Gasteiger partial charge in [-0.25, -0.2) is 9.59 Å². The summed E-state index contributed by atoms with van der Waals surface area (Å²) >= 11 is 0. The Morgan fingerprint density at radius 3 is 2.73 bits per heavy atom. The second kappa shape index (κ2) is 8.64. The maximum Gasteiger partial charge on any atom is 0.334 e. The van der Waals surface area contributed by atoms with E-state index in [-0.39, 0.29) is 19.1 Å². The average molecular weight is 364 g/mol. The summed E-state index contributed by atoms with van der Waals surface area (Å²) in [7, 11) is 0. The Hall–Kier alpha value is -1.92. The van der Waals surface area contributed by atoms with Gasteiger partial charge >= 0.3 is 11.9 Å². The quantitative estimate of drug-likeness (QED) is 0.408. The maximum absolute atomic E-state index is 12.4. The van der Waals surface area contributed by atoms with Gasteiger partial charge in [-0.1, -0.05) is 19.6 Å². The Labute approximate surface area is 154 Å². The van der Waals surface area contributed by atoms with E-state index in [9.17, 15) is 14.7 Å². The molecule has 0 amide bonds. The van der Waals surface area contributed by atoms with Crippen LogP contribution in [0, 0.1) is 11.8 Å². The third-order valence-electron chi connectivity index (χ3n) is 5.32. The summed E-state index contributed by atoms with van der Waals surface area (Å²) in [5.74, 6) is -1.41. The number of carbonyl (C=O) groups is 2. The summed E-state index contributed by atoms with van der Waals surface area (Å²) < 4.78 is 11.2. The van der Waals surface area contributed by atoms with Gasteiger partial charge in [0.15, 0.2) is 0 Å². The molecule has 1 fully saturated rings. The molecule has 2 rings (SSSR count). The smallest absolute Gasteiger partial charge is 0.334 e. The standard InChI is InChI=1S/C20H28O6/c1-5-11(2)19(23)26-18-16(12(3)7-6-8-21)14(10-22)9-15-17(18)13(4)20(24)25-15/h5,12,15,17-18,21-22H,4,6-10H2,1-3H3. The predicted octanol–water partition coefficient (Wildman–Crippen LogP) is 2.06. The lowest BCUT2D eigenvalue weighted by atomic mass is 9.73. The van der Waals surface area contributed by atoms with Crippen molar-refractivity contribution < 1.29 is 29.3 Å². The van der Waals surface area contributed by atoms with Gasteiger partial charge in [0.05, 0.1) is 12.5 Å². The van der Waals surface area contributed by atoms with Crippen LogP contribution in [0.15, 0.2) is 34.9 Å². The minimum Gasteiger partial charge on any atom is -0.458 e. The van der Waals surface area contributed by atoms with Crippen LogP contribution in [0.4, 0.5) is 0 Å². The van der Waals surface area contributed by atoms with Crippen molar-refractivity contribution >= 4 is 11.9 Å². The first-order valence-corrected chi connectivity index (χ1v) is 9.02. The van der Waals surface area contributed by atoms with Crippen molar-refractivity contribution in [3.8, 4) is 0 Å². The number of hydrogen-bond donors (Lipinski definition) is 2.